The van der Waals surface area contributed by atoms with E-state index in [1.807, 2.05) is 0 Å². The highest BCUT2D eigenvalue weighted by Gasteiger charge is 2.74. The molecular weight excluding hydrogens is 551 g/mol. The topological polar surface area (TPSA) is 129 Å². The second-order valence-corrected chi connectivity index (χ2v) is 13.2. The van der Waals surface area contributed by atoms with Crippen molar-refractivity contribution < 1.29 is 47.6 Å². The van der Waals surface area contributed by atoms with Gasteiger partial charge in [0.15, 0.2) is 5.60 Å². The van der Waals surface area contributed by atoms with E-state index in [0.29, 0.717) is 22.7 Å². The van der Waals surface area contributed by atoms with Gasteiger partial charge in [-0.05, 0) is 49.2 Å². The zero-order chi connectivity index (χ0) is 29.8. The maximum absolute atomic E-state index is 14.4. The molecule has 224 valence electrons. The molecule has 4 rings (SSSR count). The number of esters is 1. The average molecular weight is 590 g/mol. The summed E-state index contributed by atoms with van der Waals surface area (Å²) in [5.41, 5.74) is -2.88. The summed E-state index contributed by atoms with van der Waals surface area (Å²) in [7, 11) is 0. The van der Waals surface area contributed by atoms with Gasteiger partial charge in [0.1, 0.15) is 23.0 Å². The number of nitrogens with zero attached hydrogens (tertiary/aromatic N) is 1. The van der Waals surface area contributed by atoms with Crippen LogP contribution in [0.25, 0.3) is 6.08 Å². The van der Waals surface area contributed by atoms with Crippen LogP contribution in [0.4, 0.5) is 13.2 Å². The number of aliphatic hydroxyl groups is 3. The van der Waals surface area contributed by atoms with E-state index in [0.717, 1.165) is 0 Å². The van der Waals surface area contributed by atoms with Crippen LogP contribution >= 0.6 is 11.3 Å². The molecule has 3 fully saturated rings. The van der Waals surface area contributed by atoms with Crippen molar-refractivity contribution >= 4 is 29.2 Å². The molecule has 8 nitrogen and oxygen atoms in total. The van der Waals surface area contributed by atoms with E-state index in [-0.39, 0.29) is 31.3 Å². The number of ether oxygens (including phenoxy) is 2. The van der Waals surface area contributed by atoms with E-state index in [1.165, 1.54) is 25.2 Å². The highest BCUT2D eigenvalue weighted by atomic mass is 32.1. The molecule has 3 aliphatic rings. The molecule has 1 aromatic heterocycles. The molecule has 40 heavy (non-hydrogen) atoms. The smallest absolute Gasteiger partial charge is 0.420 e. The van der Waals surface area contributed by atoms with Crippen molar-refractivity contribution in [3.63, 3.8) is 0 Å². The number of halogens is 3. The second kappa shape index (κ2) is 11.1. The van der Waals surface area contributed by atoms with Gasteiger partial charge in [-0.1, -0.05) is 27.7 Å². The lowest BCUT2D eigenvalue weighted by atomic mass is 9.72. The number of Topliss-reactive ketones (excluding diaryl/α,β-unsaturated/α-hetero) is 1. The van der Waals surface area contributed by atoms with Gasteiger partial charge in [-0.25, -0.2) is 4.98 Å². The van der Waals surface area contributed by atoms with Gasteiger partial charge in [-0.3, -0.25) is 9.59 Å². The number of carbonyl (C=O) groups is 2. The third-order valence-corrected chi connectivity index (χ3v) is 9.95. The highest BCUT2D eigenvalue weighted by Crippen LogP contribution is 2.61. The fourth-order valence-electron chi connectivity index (χ4n) is 6.09. The van der Waals surface area contributed by atoms with E-state index < -0.39 is 71.6 Å². The lowest BCUT2D eigenvalue weighted by Crippen LogP contribution is -2.46. The number of aliphatic hydroxyl groups excluding tert-OH is 3. The predicted molar refractivity (Wildman–Crippen MR) is 140 cm³/mol. The number of epoxide rings is 1. The summed E-state index contributed by atoms with van der Waals surface area (Å²) in [6.45, 7) is 7.63. The number of hydrogen-bond donors (Lipinski definition) is 3. The van der Waals surface area contributed by atoms with Gasteiger partial charge < -0.3 is 24.8 Å². The van der Waals surface area contributed by atoms with Crippen LogP contribution < -0.4 is 0 Å². The van der Waals surface area contributed by atoms with Crippen molar-refractivity contribution in [3.8, 4) is 0 Å². The number of aromatic nitrogens is 1. The zero-order valence-electron chi connectivity index (χ0n) is 23.3. The van der Waals surface area contributed by atoms with Gasteiger partial charge in [0.25, 0.3) is 0 Å². The molecule has 4 unspecified atom stereocenters. The molecule has 2 aliphatic heterocycles. The fourth-order valence-corrected chi connectivity index (χ4v) is 6.70. The molecule has 12 heteroatoms. The Morgan fingerprint density at radius 1 is 1.23 bits per heavy atom. The molecule has 1 saturated carbocycles. The molecule has 0 bridgehead atoms. The Hall–Kier alpha value is -1.86. The molecule has 2 saturated heterocycles. The summed E-state index contributed by atoms with van der Waals surface area (Å²) in [4.78, 5) is 30.5. The lowest BCUT2D eigenvalue weighted by molar-refractivity contribution is -0.187. The van der Waals surface area contributed by atoms with E-state index >= 15 is 0 Å². The largest absolute Gasteiger partial charge is 0.458 e. The van der Waals surface area contributed by atoms with Crippen LogP contribution in [-0.2, 0) is 25.7 Å². The van der Waals surface area contributed by atoms with Crippen LogP contribution in [0.1, 0.15) is 71.0 Å². The first kappa shape index (κ1) is 31.1. The van der Waals surface area contributed by atoms with E-state index in [1.54, 1.807) is 32.2 Å². The van der Waals surface area contributed by atoms with Crippen LogP contribution in [0.3, 0.4) is 0 Å². The maximum Gasteiger partial charge on any atom is 0.420 e. The Bertz CT molecular complexity index is 1150. The first-order valence-corrected chi connectivity index (χ1v) is 14.5. The van der Waals surface area contributed by atoms with Crippen LogP contribution in [-0.4, -0.2) is 68.2 Å². The van der Waals surface area contributed by atoms with Gasteiger partial charge in [0.2, 0.25) is 0 Å². The van der Waals surface area contributed by atoms with Crippen molar-refractivity contribution in [2.75, 3.05) is 0 Å². The van der Waals surface area contributed by atoms with Gasteiger partial charge in [0, 0.05) is 17.7 Å². The minimum absolute atomic E-state index is 0.198. The second-order valence-electron chi connectivity index (χ2n) is 12.2. The highest BCUT2D eigenvalue weighted by molar-refractivity contribution is 7.09. The number of hydrogen-bond acceptors (Lipinski definition) is 9. The average Bonchev–Trinajstić information content (AvgIpc) is 3.75. The van der Waals surface area contributed by atoms with Crippen LogP contribution in [0, 0.1) is 29.1 Å². The number of rotatable bonds is 3. The minimum atomic E-state index is -4.65. The van der Waals surface area contributed by atoms with E-state index in [9.17, 15) is 38.1 Å². The summed E-state index contributed by atoms with van der Waals surface area (Å²) >= 11 is 1.21. The Balaban J connectivity index is 1.66. The number of cyclic esters (lactones) is 1. The zero-order valence-corrected chi connectivity index (χ0v) is 24.1. The number of fused-ring (bicyclic) bond motifs is 2. The van der Waals surface area contributed by atoms with E-state index in [2.05, 4.69) is 4.98 Å². The number of ketones is 1. The first-order valence-electron chi connectivity index (χ1n) is 13.6. The molecule has 9 atom stereocenters. The molecule has 1 aliphatic carbocycles. The van der Waals surface area contributed by atoms with Crippen molar-refractivity contribution in [3.05, 3.63) is 21.7 Å². The molecule has 3 heterocycles. The van der Waals surface area contributed by atoms with Crippen LogP contribution in [0.15, 0.2) is 11.0 Å². The van der Waals surface area contributed by atoms with Crippen LogP contribution in [0.2, 0.25) is 0 Å². The van der Waals surface area contributed by atoms with E-state index in [4.69, 9.17) is 9.47 Å². The molecule has 0 amide bonds. The molecule has 3 N–H and O–H groups in total. The molecule has 0 spiro atoms. The Labute approximate surface area is 235 Å². The SMILES string of the molecule is C/C(=C\c1csc(CO)n1)[C@H]1CC2OC2(C(F)(F)F)CC2CC2[C@H](C)[C@H](O)[C@@H](C)C(=O)C(C)(C)[C@@H](O)CC(=O)O1. The normalized spacial score (nSPS) is 39.2. The van der Waals surface area contributed by atoms with Crippen molar-refractivity contribution in [2.45, 2.75) is 103 Å². The standard InChI is InChI=1S/C28H38F3NO7S/c1-13(6-17-12-40-22(11-33)32-17)19-8-21-27(39-21,28(29,30)31)10-16-7-18(16)14(2)24(36)15(3)25(37)26(4,5)20(34)9-23(35)38-19/h6,12,14-16,18-21,24,33-34,36H,7-11H2,1-5H3/b13-6+/t14-,15+,16?,18?,19+,20-,21?,24-,27?/m0/s1. The van der Waals surface area contributed by atoms with Gasteiger partial charge in [-0.15, -0.1) is 11.3 Å². The Morgan fingerprint density at radius 3 is 2.50 bits per heavy atom. The minimum Gasteiger partial charge on any atom is -0.458 e. The van der Waals surface area contributed by atoms with Gasteiger partial charge in [-0.2, -0.15) is 13.2 Å². The summed E-state index contributed by atoms with van der Waals surface area (Å²) in [5.74, 6) is -3.19. The quantitative estimate of drug-likeness (QED) is 0.356. The van der Waals surface area contributed by atoms with Crippen LogP contribution in [0.5, 0.6) is 0 Å². The van der Waals surface area contributed by atoms with Crippen molar-refractivity contribution in [1.29, 1.82) is 0 Å². The first-order chi connectivity index (χ1) is 18.5. The van der Waals surface area contributed by atoms with Crippen molar-refractivity contribution in [2.24, 2.45) is 29.1 Å². The Kier molecular flexibility index (Phi) is 8.62. The number of alkyl halides is 3. The number of thiazole rings is 1. The Morgan fingerprint density at radius 2 is 1.90 bits per heavy atom. The molecule has 1 aromatic rings. The third kappa shape index (κ3) is 6.01. The third-order valence-electron chi connectivity index (χ3n) is 9.10. The molecule has 0 radical (unpaired) electrons. The summed E-state index contributed by atoms with van der Waals surface area (Å²) < 4.78 is 54.1. The van der Waals surface area contributed by atoms with Gasteiger partial charge >= 0.3 is 12.1 Å². The van der Waals surface area contributed by atoms with Gasteiger partial charge in [0.05, 0.1) is 36.3 Å². The molecular formula is C28H38F3NO7S. The fraction of sp³-hybridized carbons (Fsp3) is 0.750. The summed E-state index contributed by atoms with van der Waals surface area (Å²) in [5, 5.41) is 33.3. The number of carbonyl (C=O) groups excluding carboxylic acids is 2. The maximum atomic E-state index is 14.4. The summed E-state index contributed by atoms with van der Waals surface area (Å²) in [6.07, 6.45) is -8.58. The predicted octanol–water partition coefficient (Wildman–Crippen LogP) is 4.06. The monoisotopic (exact) mass is 589 g/mol. The van der Waals surface area contributed by atoms with Crippen molar-refractivity contribution in [1.82, 2.24) is 4.98 Å². The lowest BCUT2D eigenvalue weighted by Gasteiger charge is -2.34. The molecule has 0 aromatic carbocycles. The summed E-state index contributed by atoms with van der Waals surface area (Å²) in [6, 6.07) is 0.